The molecule has 0 radical (unpaired) electrons. The second-order valence-corrected chi connectivity index (χ2v) is 3.34. The molecule has 0 aromatic carbocycles. The molecule has 2 heteroatoms. The molecule has 11 heavy (non-hydrogen) atoms. The van der Waals surface area contributed by atoms with Gasteiger partial charge in [0.15, 0.2) is 0 Å². The fourth-order valence-corrected chi connectivity index (χ4v) is 1.16. The summed E-state index contributed by atoms with van der Waals surface area (Å²) in [6, 6.07) is 0. The Hall–Kier alpha value is -0.790. The lowest BCUT2D eigenvalue weighted by Gasteiger charge is -2.18. The number of hydrogen-bond acceptors (Lipinski definition) is 2. The molecule has 1 saturated carbocycles. The fourth-order valence-electron chi connectivity index (χ4n) is 1.16. The summed E-state index contributed by atoms with van der Waals surface area (Å²) in [4.78, 5) is 10.8. The van der Waals surface area contributed by atoms with E-state index in [1.165, 1.54) is 6.08 Å². The second-order valence-electron chi connectivity index (χ2n) is 3.34. The zero-order valence-corrected chi connectivity index (χ0v) is 7.09. The van der Waals surface area contributed by atoms with Gasteiger partial charge in [-0.25, -0.2) is 4.79 Å². The monoisotopic (exact) mass is 154 g/mol. The maximum Gasteiger partial charge on any atom is 0.330 e. The molecule has 2 nitrogen and oxygen atoms in total. The number of hydrogen-bond donors (Lipinski definition) is 0. The van der Waals surface area contributed by atoms with Crippen LogP contribution in [0.4, 0.5) is 0 Å². The Morgan fingerprint density at radius 1 is 1.64 bits per heavy atom. The van der Waals surface area contributed by atoms with Crippen LogP contribution in [0.25, 0.3) is 0 Å². The van der Waals surface area contributed by atoms with Gasteiger partial charge >= 0.3 is 5.97 Å². The molecule has 1 aliphatic rings. The summed E-state index contributed by atoms with van der Waals surface area (Å²) < 4.78 is 5.20. The van der Waals surface area contributed by atoms with Crippen molar-refractivity contribution in [3.63, 3.8) is 0 Å². The van der Waals surface area contributed by atoms with Gasteiger partial charge in [0.1, 0.15) is 5.60 Å². The van der Waals surface area contributed by atoms with Crippen LogP contribution in [0.5, 0.6) is 0 Å². The molecule has 0 aliphatic heterocycles. The van der Waals surface area contributed by atoms with Crippen LogP contribution in [0.2, 0.25) is 0 Å². The van der Waals surface area contributed by atoms with Crippen LogP contribution in [-0.2, 0) is 9.53 Å². The molecule has 0 unspecified atom stereocenters. The molecule has 0 heterocycles. The van der Waals surface area contributed by atoms with Gasteiger partial charge in [0.2, 0.25) is 0 Å². The van der Waals surface area contributed by atoms with E-state index in [9.17, 15) is 4.79 Å². The molecule has 0 atom stereocenters. The lowest BCUT2D eigenvalue weighted by molar-refractivity contribution is -0.147. The van der Waals surface area contributed by atoms with Gasteiger partial charge in [0.25, 0.3) is 0 Å². The van der Waals surface area contributed by atoms with Crippen molar-refractivity contribution in [2.75, 3.05) is 0 Å². The normalized spacial score (nSPS) is 19.5. The molecule has 0 bridgehead atoms. The fraction of sp³-hybridized carbons (Fsp3) is 0.667. The van der Waals surface area contributed by atoms with Gasteiger partial charge in [0.05, 0.1) is 0 Å². The average molecular weight is 154 g/mol. The summed E-state index contributed by atoms with van der Waals surface area (Å²) in [6.07, 6.45) is 3.23. The highest BCUT2D eigenvalue weighted by molar-refractivity contribution is 5.81. The minimum absolute atomic E-state index is 0.148. The van der Waals surface area contributed by atoms with Gasteiger partial charge in [-0.2, -0.15) is 0 Å². The van der Waals surface area contributed by atoms with Crippen LogP contribution in [0.1, 0.15) is 26.7 Å². The highest BCUT2D eigenvalue weighted by atomic mass is 16.6. The lowest BCUT2D eigenvalue weighted by Crippen LogP contribution is -2.24. The van der Waals surface area contributed by atoms with E-state index >= 15 is 0 Å². The van der Waals surface area contributed by atoms with Crippen molar-refractivity contribution < 1.29 is 9.53 Å². The minimum Gasteiger partial charge on any atom is -0.456 e. The first-order valence-corrected chi connectivity index (χ1v) is 3.96. The first kappa shape index (κ1) is 8.31. The molecule has 1 rings (SSSR count). The predicted octanol–water partition coefficient (Wildman–Crippen LogP) is 1.90. The second kappa shape index (κ2) is 2.68. The molecule has 0 amide bonds. The highest BCUT2D eigenvalue weighted by Gasteiger charge is 2.49. The van der Waals surface area contributed by atoms with Crippen molar-refractivity contribution in [1.29, 1.82) is 0 Å². The van der Waals surface area contributed by atoms with Crippen LogP contribution in [0.3, 0.4) is 0 Å². The van der Waals surface area contributed by atoms with E-state index in [1.807, 2.05) is 0 Å². The van der Waals surface area contributed by atoms with Crippen molar-refractivity contribution in [2.24, 2.45) is 5.92 Å². The van der Waals surface area contributed by atoms with Crippen molar-refractivity contribution >= 4 is 5.97 Å². The van der Waals surface area contributed by atoms with E-state index < -0.39 is 0 Å². The molecular weight excluding hydrogens is 140 g/mol. The maximum atomic E-state index is 10.8. The molecule has 0 spiro atoms. The van der Waals surface area contributed by atoms with E-state index in [1.54, 1.807) is 0 Å². The van der Waals surface area contributed by atoms with Crippen LogP contribution in [0, 0.1) is 5.92 Å². The van der Waals surface area contributed by atoms with E-state index in [2.05, 4.69) is 20.4 Å². The maximum absolute atomic E-state index is 10.8. The molecular formula is C9H14O2. The van der Waals surface area contributed by atoms with Crippen molar-refractivity contribution in [3.05, 3.63) is 12.7 Å². The first-order valence-electron chi connectivity index (χ1n) is 3.96. The SMILES string of the molecule is C=CC(=O)OC1(C(C)C)CC1. The van der Waals surface area contributed by atoms with Gasteiger partial charge in [-0.15, -0.1) is 0 Å². The summed E-state index contributed by atoms with van der Waals surface area (Å²) in [6.45, 7) is 7.50. The number of rotatable bonds is 3. The summed E-state index contributed by atoms with van der Waals surface area (Å²) in [7, 11) is 0. The number of esters is 1. The van der Waals surface area contributed by atoms with Gasteiger partial charge in [-0.3, -0.25) is 0 Å². The highest BCUT2D eigenvalue weighted by Crippen LogP contribution is 2.45. The Kier molecular flexibility index (Phi) is 2.03. The molecule has 0 N–H and O–H groups in total. The topological polar surface area (TPSA) is 26.3 Å². The molecule has 1 aliphatic carbocycles. The summed E-state index contributed by atoms with van der Waals surface area (Å²) in [5.74, 6) is 0.127. The third-order valence-corrected chi connectivity index (χ3v) is 2.27. The molecule has 0 aromatic rings. The van der Waals surface area contributed by atoms with Gasteiger partial charge in [-0.05, 0) is 18.8 Å². The third-order valence-electron chi connectivity index (χ3n) is 2.27. The number of ether oxygens (including phenoxy) is 1. The van der Waals surface area contributed by atoms with Crippen LogP contribution in [0.15, 0.2) is 12.7 Å². The van der Waals surface area contributed by atoms with Crippen LogP contribution >= 0.6 is 0 Å². The number of carbonyl (C=O) groups is 1. The van der Waals surface area contributed by atoms with E-state index in [0.29, 0.717) is 5.92 Å². The predicted molar refractivity (Wildman–Crippen MR) is 43.1 cm³/mol. The first-order chi connectivity index (χ1) is 5.10. The average Bonchev–Trinajstić information content (AvgIpc) is 2.69. The molecule has 0 saturated heterocycles. The standard InChI is InChI=1S/C9H14O2/c1-4-8(10)11-9(5-6-9)7(2)3/h4,7H,1,5-6H2,2-3H3. The summed E-state index contributed by atoms with van der Waals surface area (Å²) in [5.41, 5.74) is -0.148. The Morgan fingerprint density at radius 3 is 2.45 bits per heavy atom. The Morgan fingerprint density at radius 2 is 2.18 bits per heavy atom. The van der Waals surface area contributed by atoms with Gasteiger partial charge in [0, 0.05) is 6.08 Å². The van der Waals surface area contributed by atoms with E-state index in [-0.39, 0.29) is 11.6 Å². The summed E-state index contributed by atoms with van der Waals surface area (Å²) >= 11 is 0. The summed E-state index contributed by atoms with van der Waals surface area (Å²) in [5, 5.41) is 0. The molecule has 0 aromatic heterocycles. The Balaban J connectivity index is 2.48. The van der Waals surface area contributed by atoms with Crippen molar-refractivity contribution in [1.82, 2.24) is 0 Å². The lowest BCUT2D eigenvalue weighted by atomic mass is 10.1. The largest absolute Gasteiger partial charge is 0.456 e. The van der Waals surface area contributed by atoms with Gasteiger partial charge < -0.3 is 4.74 Å². The van der Waals surface area contributed by atoms with E-state index in [0.717, 1.165) is 12.8 Å². The van der Waals surface area contributed by atoms with E-state index in [4.69, 9.17) is 4.74 Å². The smallest absolute Gasteiger partial charge is 0.330 e. The Labute approximate surface area is 67.2 Å². The minimum atomic E-state index is -0.295. The third kappa shape index (κ3) is 1.62. The Bertz CT molecular complexity index is 178. The zero-order valence-electron chi connectivity index (χ0n) is 7.09. The molecule has 62 valence electrons. The molecule has 1 fully saturated rings. The quantitative estimate of drug-likeness (QED) is 0.458. The van der Waals surface area contributed by atoms with Crippen molar-refractivity contribution in [3.8, 4) is 0 Å². The van der Waals surface area contributed by atoms with Crippen LogP contribution in [-0.4, -0.2) is 11.6 Å². The van der Waals surface area contributed by atoms with Crippen molar-refractivity contribution in [2.45, 2.75) is 32.3 Å². The number of carbonyl (C=O) groups excluding carboxylic acids is 1. The van der Waals surface area contributed by atoms with Crippen LogP contribution < -0.4 is 0 Å². The van der Waals surface area contributed by atoms with Gasteiger partial charge in [-0.1, -0.05) is 20.4 Å². The zero-order chi connectivity index (χ0) is 8.48.